The molecule has 0 saturated heterocycles. The van der Waals surface area contributed by atoms with Crippen molar-refractivity contribution in [2.45, 2.75) is 5.92 Å². The third-order valence-electron chi connectivity index (χ3n) is 2.16. The van der Waals surface area contributed by atoms with Gasteiger partial charge in [0.2, 0.25) is 0 Å². The molecule has 0 aliphatic carbocycles. The molecule has 1 unspecified atom stereocenters. The Labute approximate surface area is 88.8 Å². The molecule has 4 nitrogen and oxygen atoms in total. The molecule has 2 N–H and O–H groups in total. The van der Waals surface area contributed by atoms with Crippen molar-refractivity contribution in [3.63, 3.8) is 0 Å². The zero-order chi connectivity index (χ0) is 11.4. The zero-order valence-electron chi connectivity index (χ0n) is 8.84. The highest BCUT2D eigenvalue weighted by molar-refractivity contribution is 5.77. The maximum atomic E-state index is 11.0. The number of hydrogen-bond donors (Lipinski definition) is 2. The molecule has 1 atom stereocenters. The molecule has 0 aliphatic rings. The minimum absolute atomic E-state index is 0.0340. The number of nitrogens with zero attached hydrogens (tertiary/aromatic N) is 1. The monoisotopic (exact) mass is 209 g/mol. The Morgan fingerprint density at radius 1 is 1.40 bits per heavy atom. The average Bonchev–Trinajstić information content (AvgIpc) is 2.15. The first-order valence-electron chi connectivity index (χ1n) is 4.67. The smallest absolute Gasteiger partial charge is 0.312 e. The molecule has 0 amide bonds. The third kappa shape index (κ3) is 2.95. The summed E-state index contributed by atoms with van der Waals surface area (Å²) in [6, 6.07) is 6.53. The maximum absolute atomic E-state index is 11.0. The first-order chi connectivity index (χ1) is 7.02. The number of aromatic hydroxyl groups is 1. The number of hydrogen-bond acceptors (Lipinski definition) is 3. The fourth-order valence-corrected chi connectivity index (χ4v) is 1.46. The van der Waals surface area contributed by atoms with Crippen LogP contribution in [0, 0.1) is 0 Å². The number of carboxylic acids is 1. The van der Waals surface area contributed by atoms with E-state index in [0.717, 1.165) is 0 Å². The van der Waals surface area contributed by atoms with Crippen molar-refractivity contribution in [2.75, 3.05) is 20.6 Å². The molecule has 0 bridgehead atoms. The van der Waals surface area contributed by atoms with Gasteiger partial charge < -0.3 is 15.1 Å². The Morgan fingerprint density at radius 2 is 2.00 bits per heavy atom. The van der Waals surface area contributed by atoms with Gasteiger partial charge in [-0.25, -0.2) is 0 Å². The molecular formula is C11H15NO3. The van der Waals surface area contributed by atoms with Crippen LogP contribution < -0.4 is 0 Å². The third-order valence-corrected chi connectivity index (χ3v) is 2.16. The van der Waals surface area contributed by atoms with Crippen LogP contribution in [0.5, 0.6) is 5.75 Å². The van der Waals surface area contributed by atoms with Gasteiger partial charge in [-0.3, -0.25) is 4.79 Å². The van der Waals surface area contributed by atoms with E-state index in [2.05, 4.69) is 0 Å². The van der Waals surface area contributed by atoms with Crippen molar-refractivity contribution >= 4 is 5.97 Å². The van der Waals surface area contributed by atoms with Crippen molar-refractivity contribution in [1.82, 2.24) is 4.90 Å². The number of phenols is 1. The Kier molecular flexibility index (Phi) is 3.68. The molecule has 1 rings (SSSR count). The second-order valence-electron chi connectivity index (χ2n) is 3.71. The average molecular weight is 209 g/mol. The molecule has 1 aromatic carbocycles. The molecule has 4 heteroatoms. The fraction of sp³-hybridized carbons (Fsp3) is 0.364. The Bertz CT molecular complexity index is 349. The molecule has 1 aromatic rings. The molecule has 0 fully saturated rings. The van der Waals surface area contributed by atoms with Crippen molar-refractivity contribution in [2.24, 2.45) is 0 Å². The number of aliphatic carboxylic acids is 1. The lowest BCUT2D eigenvalue weighted by atomic mass is 9.98. The van der Waals surface area contributed by atoms with E-state index in [1.54, 1.807) is 37.2 Å². The van der Waals surface area contributed by atoms with Gasteiger partial charge in [0.15, 0.2) is 0 Å². The molecule has 0 saturated carbocycles. The van der Waals surface area contributed by atoms with Gasteiger partial charge in [0.25, 0.3) is 0 Å². The van der Waals surface area contributed by atoms with Crippen molar-refractivity contribution in [3.8, 4) is 5.75 Å². The summed E-state index contributed by atoms with van der Waals surface area (Å²) in [4.78, 5) is 12.8. The summed E-state index contributed by atoms with van der Waals surface area (Å²) in [5, 5.41) is 18.6. The van der Waals surface area contributed by atoms with Gasteiger partial charge >= 0.3 is 5.97 Å². The van der Waals surface area contributed by atoms with Crippen LogP contribution in [0.1, 0.15) is 11.5 Å². The Hall–Kier alpha value is -1.55. The maximum Gasteiger partial charge on any atom is 0.312 e. The van der Waals surface area contributed by atoms with Crippen LogP contribution in [0.2, 0.25) is 0 Å². The minimum atomic E-state index is -0.926. The van der Waals surface area contributed by atoms with Crippen LogP contribution in [0.25, 0.3) is 0 Å². The predicted molar refractivity (Wildman–Crippen MR) is 57.0 cm³/mol. The van der Waals surface area contributed by atoms with E-state index >= 15 is 0 Å². The van der Waals surface area contributed by atoms with Gasteiger partial charge in [0, 0.05) is 12.1 Å². The standard InChI is InChI=1S/C11H15NO3/c1-12(2)7-9(11(14)15)8-5-3-4-6-10(8)13/h3-6,9,13H,7H2,1-2H3,(H,14,15). The fourth-order valence-electron chi connectivity index (χ4n) is 1.46. The first kappa shape index (κ1) is 11.5. The van der Waals surface area contributed by atoms with Crippen LogP contribution in [-0.2, 0) is 4.79 Å². The summed E-state index contributed by atoms with van der Waals surface area (Å²) < 4.78 is 0. The van der Waals surface area contributed by atoms with E-state index in [0.29, 0.717) is 12.1 Å². The molecule has 0 aliphatic heterocycles. The molecule has 0 heterocycles. The molecule has 0 spiro atoms. The highest BCUT2D eigenvalue weighted by Crippen LogP contribution is 2.25. The van der Waals surface area contributed by atoms with Gasteiger partial charge in [0.05, 0.1) is 5.92 Å². The van der Waals surface area contributed by atoms with Crippen molar-refractivity contribution in [1.29, 1.82) is 0 Å². The van der Waals surface area contributed by atoms with Gasteiger partial charge in [-0.1, -0.05) is 18.2 Å². The van der Waals surface area contributed by atoms with Crippen LogP contribution >= 0.6 is 0 Å². The normalized spacial score (nSPS) is 12.7. The minimum Gasteiger partial charge on any atom is -0.508 e. The van der Waals surface area contributed by atoms with Crippen LogP contribution in [-0.4, -0.2) is 41.7 Å². The molecule has 82 valence electrons. The number of likely N-dealkylation sites (N-methyl/N-ethyl adjacent to an activating group) is 1. The SMILES string of the molecule is CN(C)CC(C(=O)O)c1ccccc1O. The van der Waals surface area contributed by atoms with E-state index in [4.69, 9.17) is 5.11 Å². The largest absolute Gasteiger partial charge is 0.508 e. The highest BCUT2D eigenvalue weighted by Gasteiger charge is 2.22. The highest BCUT2D eigenvalue weighted by atomic mass is 16.4. The lowest BCUT2D eigenvalue weighted by Gasteiger charge is -2.18. The summed E-state index contributed by atoms with van der Waals surface area (Å²) in [7, 11) is 3.60. The summed E-state index contributed by atoms with van der Waals surface area (Å²) in [5.41, 5.74) is 0.457. The Balaban J connectivity index is 2.99. The molecule has 0 aromatic heterocycles. The van der Waals surface area contributed by atoms with Crippen LogP contribution in [0.3, 0.4) is 0 Å². The number of rotatable bonds is 4. The lowest BCUT2D eigenvalue weighted by molar-refractivity contribution is -0.139. The second kappa shape index (κ2) is 4.79. The van der Waals surface area contributed by atoms with E-state index in [1.165, 1.54) is 6.07 Å². The van der Waals surface area contributed by atoms with E-state index in [9.17, 15) is 9.90 Å². The summed E-state index contributed by atoms with van der Waals surface area (Å²) >= 11 is 0. The molecular weight excluding hydrogens is 194 g/mol. The summed E-state index contributed by atoms with van der Waals surface area (Å²) in [6.07, 6.45) is 0. The van der Waals surface area contributed by atoms with Gasteiger partial charge in [-0.05, 0) is 20.2 Å². The number of phenolic OH excluding ortho intramolecular Hbond substituents is 1. The second-order valence-corrected chi connectivity index (χ2v) is 3.71. The lowest BCUT2D eigenvalue weighted by Crippen LogP contribution is -2.26. The topological polar surface area (TPSA) is 60.8 Å². The Morgan fingerprint density at radius 3 is 2.47 bits per heavy atom. The number of carbonyl (C=O) groups is 1. The van der Waals surface area contributed by atoms with Gasteiger partial charge in [0.1, 0.15) is 5.75 Å². The number of carboxylic acid groups (broad SMARTS) is 1. The molecule has 0 radical (unpaired) electrons. The predicted octanol–water partition coefficient (Wildman–Crippen LogP) is 1.12. The van der Waals surface area contributed by atoms with E-state index < -0.39 is 11.9 Å². The van der Waals surface area contributed by atoms with E-state index in [-0.39, 0.29) is 5.75 Å². The van der Waals surface area contributed by atoms with Crippen molar-refractivity contribution < 1.29 is 15.0 Å². The quantitative estimate of drug-likeness (QED) is 0.780. The number of para-hydroxylation sites is 1. The van der Waals surface area contributed by atoms with Gasteiger partial charge in [-0.2, -0.15) is 0 Å². The number of benzene rings is 1. The van der Waals surface area contributed by atoms with Crippen LogP contribution in [0.15, 0.2) is 24.3 Å². The van der Waals surface area contributed by atoms with Gasteiger partial charge in [-0.15, -0.1) is 0 Å². The van der Waals surface area contributed by atoms with Crippen LogP contribution in [0.4, 0.5) is 0 Å². The zero-order valence-corrected chi connectivity index (χ0v) is 8.84. The van der Waals surface area contributed by atoms with E-state index in [1.807, 2.05) is 0 Å². The first-order valence-corrected chi connectivity index (χ1v) is 4.67. The van der Waals surface area contributed by atoms with Crippen molar-refractivity contribution in [3.05, 3.63) is 29.8 Å². The molecule has 15 heavy (non-hydrogen) atoms. The summed E-state index contributed by atoms with van der Waals surface area (Å²) in [5.74, 6) is -1.59. The summed E-state index contributed by atoms with van der Waals surface area (Å²) in [6.45, 7) is 0.368.